The van der Waals surface area contributed by atoms with E-state index >= 15 is 0 Å². The van der Waals surface area contributed by atoms with E-state index in [0.29, 0.717) is 29.8 Å². The first-order valence-corrected chi connectivity index (χ1v) is 16.8. The Morgan fingerprint density at radius 2 is 1.66 bits per heavy atom. The molecule has 2 aliphatic heterocycles. The zero-order valence-electron chi connectivity index (χ0n) is 28.4. The highest BCUT2D eigenvalue weighted by molar-refractivity contribution is 5.93. The Labute approximate surface area is 293 Å². The van der Waals surface area contributed by atoms with Gasteiger partial charge in [-0.1, -0.05) is 104 Å². The first kappa shape index (κ1) is 32.2. The molecule has 7 rings (SSSR count). The third-order valence-electron chi connectivity index (χ3n) is 8.84. The van der Waals surface area contributed by atoms with Crippen LogP contribution in [0.3, 0.4) is 0 Å². The minimum Gasteiger partial charge on any atom is -0.387 e. The topological polar surface area (TPSA) is 71.2 Å². The number of para-hydroxylation sites is 1. The summed E-state index contributed by atoms with van der Waals surface area (Å²) in [6.07, 6.45) is 17.1. The molecule has 0 saturated heterocycles. The van der Waals surface area contributed by atoms with Gasteiger partial charge in [0.25, 0.3) is 0 Å². The summed E-state index contributed by atoms with van der Waals surface area (Å²) >= 11 is 0. The number of rotatable bonds is 10. The molecule has 0 aliphatic carbocycles. The van der Waals surface area contributed by atoms with Crippen LogP contribution in [0.5, 0.6) is 0 Å². The molecule has 1 N–H and O–H groups in total. The fraction of sp³-hybridized carbons (Fsp3) is 0.116. The molecule has 4 heterocycles. The van der Waals surface area contributed by atoms with Gasteiger partial charge in [-0.2, -0.15) is 15.0 Å². The number of fused-ring (bicyclic) bond motifs is 1. The van der Waals surface area contributed by atoms with Crippen molar-refractivity contribution < 1.29 is 0 Å². The Hall–Kier alpha value is -6.34. The molecular weight excluding hydrogens is 615 g/mol. The summed E-state index contributed by atoms with van der Waals surface area (Å²) in [5, 5.41) is 4.48. The van der Waals surface area contributed by atoms with Crippen LogP contribution in [-0.4, -0.2) is 38.8 Å². The number of hydrogen-bond donors (Lipinski definition) is 1. The summed E-state index contributed by atoms with van der Waals surface area (Å²) in [7, 11) is 0. The second-order valence-electron chi connectivity index (χ2n) is 12.3. The smallest absolute Gasteiger partial charge is 0.239 e. The maximum atomic E-state index is 5.15. The van der Waals surface area contributed by atoms with Gasteiger partial charge in [-0.3, -0.25) is 9.56 Å². The molecular formula is C43H39N7. The molecule has 7 heteroatoms. The fourth-order valence-corrected chi connectivity index (χ4v) is 6.36. The van der Waals surface area contributed by atoms with Gasteiger partial charge in [-0.25, -0.2) is 0 Å². The van der Waals surface area contributed by atoms with Crippen molar-refractivity contribution in [3.05, 3.63) is 180 Å². The number of nitrogens with zero attached hydrogens (tertiary/aromatic N) is 6. The zero-order valence-corrected chi connectivity index (χ0v) is 28.4. The average Bonchev–Trinajstić information content (AvgIpc) is 3.44. The molecule has 0 spiro atoms. The van der Waals surface area contributed by atoms with Crippen LogP contribution in [0.2, 0.25) is 0 Å². The lowest BCUT2D eigenvalue weighted by atomic mass is 9.96. The molecule has 0 atom stereocenters. The summed E-state index contributed by atoms with van der Waals surface area (Å²) < 4.78 is 2.12. The lowest BCUT2D eigenvalue weighted by Gasteiger charge is -2.30. The van der Waals surface area contributed by atoms with Crippen molar-refractivity contribution in [1.29, 1.82) is 0 Å². The monoisotopic (exact) mass is 653 g/mol. The van der Waals surface area contributed by atoms with Crippen LogP contribution in [0.25, 0.3) is 34.2 Å². The van der Waals surface area contributed by atoms with Crippen molar-refractivity contribution >= 4 is 40.4 Å². The highest BCUT2D eigenvalue weighted by Crippen LogP contribution is 2.32. The van der Waals surface area contributed by atoms with Gasteiger partial charge >= 0.3 is 0 Å². The molecule has 0 unspecified atom stereocenters. The molecule has 0 amide bonds. The van der Waals surface area contributed by atoms with Crippen molar-refractivity contribution in [3.63, 3.8) is 0 Å². The first-order chi connectivity index (χ1) is 24.5. The van der Waals surface area contributed by atoms with E-state index < -0.39 is 0 Å². The Morgan fingerprint density at radius 3 is 2.46 bits per heavy atom. The minimum absolute atomic E-state index is 0.474. The molecule has 5 aromatic rings. The summed E-state index contributed by atoms with van der Waals surface area (Å²) in [5.41, 5.74) is 10.2. The summed E-state index contributed by atoms with van der Waals surface area (Å²) in [4.78, 5) is 22.3. The van der Waals surface area contributed by atoms with Crippen LogP contribution in [0.1, 0.15) is 41.6 Å². The molecule has 0 fully saturated rings. The quantitative estimate of drug-likeness (QED) is 0.0926. The molecule has 2 aliphatic rings. The van der Waals surface area contributed by atoms with E-state index in [-0.39, 0.29) is 0 Å². The lowest BCUT2D eigenvalue weighted by Crippen LogP contribution is -2.32. The number of nitrogens with one attached hydrogen (secondary N) is 1. The van der Waals surface area contributed by atoms with E-state index in [1.165, 1.54) is 11.1 Å². The van der Waals surface area contributed by atoms with Crippen molar-refractivity contribution in [3.8, 4) is 5.95 Å². The summed E-state index contributed by atoms with van der Waals surface area (Å²) in [6, 6.07) is 28.5. The Morgan fingerprint density at radius 1 is 0.920 bits per heavy atom. The Kier molecular flexibility index (Phi) is 9.29. The molecule has 50 heavy (non-hydrogen) atoms. The van der Waals surface area contributed by atoms with E-state index in [9.17, 15) is 0 Å². The Balaban J connectivity index is 1.38. The number of dihydropyridines is 1. The fourth-order valence-electron chi connectivity index (χ4n) is 6.36. The maximum Gasteiger partial charge on any atom is 0.239 e. The van der Waals surface area contributed by atoms with Gasteiger partial charge in [0.1, 0.15) is 0 Å². The molecule has 246 valence electrons. The SMILES string of the molecule is C=CC/C=C\c1c(C)n(-c2nc(C(=C)/C=C(\N=C\c3ccccc3)c3ccccc3)nc(N3C=C(C)C4=C(CNC=C4)C3)n2)c2ccccc12. The van der Waals surface area contributed by atoms with Gasteiger partial charge in [-0.05, 0) is 67.0 Å². The van der Waals surface area contributed by atoms with E-state index in [1.54, 1.807) is 0 Å². The predicted octanol–water partition coefficient (Wildman–Crippen LogP) is 9.02. The van der Waals surface area contributed by atoms with Crippen molar-refractivity contribution in [2.45, 2.75) is 20.3 Å². The number of allylic oxidation sites excluding steroid dienone is 7. The highest BCUT2D eigenvalue weighted by Gasteiger charge is 2.24. The standard InChI is InChI=1S/C43H39N7/c1-5-6-9-20-37-32(4)50(40-22-15-14-21-38(37)40)43-47-41(46-42(48-43)49-28-31(3)36-23-24-44-27-35(36)29-49)30(2)25-39(34-18-12-8-13-19-34)45-26-33-16-10-7-11-17-33/h5,7-26,28,44H,1-2,6,27,29H2,3-4H3/b20-9-,39-25-,45-26+. The first-order valence-electron chi connectivity index (χ1n) is 16.8. The highest BCUT2D eigenvalue weighted by atomic mass is 15.3. The van der Waals surface area contributed by atoms with E-state index in [4.69, 9.17) is 19.9 Å². The van der Waals surface area contributed by atoms with Crippen molar-refractivity contribution in [2.24, 2.45) is 4.99 Å². The third-order valence-corrected chi connectivity index (χ3v) is 8.84. The van der Waals surface area contributed by atoms with Crippen LogP contribution in [0.15, 0.2) is 157 Å². The molecule has 3 aromatic carbocycles. The van der Waals surface area contributed by atoms with Crippen LogP contribution < -0.4 is 10.2 Å². The number of anilines is 1. The number of aromatic nitrogens is 4. The average molecular weight is 654 g/mol. The second kappa shape index (κ2) is 14.4. The van der Waals surface area contributed by atoms with Gasteiger partial charge in [0.15, 0.2) is 5.82 Å². The molecule has 7 nitrogen and oxygen atoms in total. The predicted molar refractivity (Wildman–Crippen MR) is 208 cm³/mol. The summed E-state index contributed by atoms with van der Waals surface area (Å²) in [6.45, 7) is 14.0. The number of hydrogen-bond acceptors (Lipinski definition) is 6. The molecule has 0 bridgehead atoms. The van der Waals surface area contributed by atoms with Crippen LogP contribution in [-0.2, 0) is 0 Å². The second-order valence-corrected chi connectivity index (χ2v) is 12.3. The molecule has 0 radical (unpaired) electrons. The van der Waals surface area contributed by atoms with E-state index in [2.05, 4.69) is 84.4 Å². The lowest BCUT2D eigenvalue weighted by molar-refractivity contribution is 0.807. The maximum absolute atomic E-state index is 5.15. The normalized spacial score (nSPS) is 14.7. The van der Waals surface area contributed by atoms with E-state index in [1.807, 2.05) is 91.3 Å². The molecule has 2 aromatic heterocycles. The van der Waals surface area contributed by atoms with Crippen LogP contribution in [0, 0.1) is 6.92 Å². The largest absolute Gasteiger partial charge is 0.387 e. The summed E-state index contributed by atoms with van der Waals surface area (Å²) in [5.74, 6) is 1.55. The molecule has 0 saturated carbocycles. The van der Waals surface area contributed by atoms with Crippen LogP contribution in [0.4, 0.5) is 5.95 Å². The van der Waals surface area contributed by atoms with Gasteiger partial charge in [-0.15, -0.1) is 6.58 Å². The minimum atomic E-state index is 0.474. The number of aliphatic imine (C=N–C) groups is 1. The van der Waals surface area contributed by atoms with Gasteiger partial charge in [0.2, 0.25) is 11.9 Å². The van der Waals surface area contributed by atoms with Gasteiger partial charge < -0.3 is 10.2 Å². The van der Waals surface area contributed by atoms with E-state index in [0.717, 1.165) is 57.5 Å². The van der Waals surface area contributed by atoms with Crippen LogP contribution >= 0.6 is 0 Å². The zero-order chi connectivity index (χ0) is 34.5. The van der Waals surface area contributed by atoms with Gasteiger partial charge in [0.05, 0.1) is 11.2 Å². The van der Waals surface area contributed by atoms with Gasteiger partial charge in [0, 0.05) is 53.3 Å². The Bertz CT molecular complexity index is 2260. The number of benzene rings is 3. The van der Waals surface area contributed by atoms with Crippen molar-refractivity contribution in [1.82, 2.24) is 24.8 Å². The third kappa shape index (κ3) is 6.66. The van der Waals surface area contributed by atoms with Crippen molar-refractivity contribution in [2.75, 3.05) is 18.0 Å².